The molecule has 1 saturated carbocycles. The highest BCUT2D eigenvalue weighted by Crippen LogP contribution is 2.38. The maximum atomic E-state index is 14.5. The van der Waals surface area contributed by atoms with E-state index < -0.39 is 0 Å². The molecule has 0 radical (unpaired) electrons. The van der Waals surface area contributed by atoms with Gasteiger partial charge in [-0.1, -0.05) is 44.4 Å². The fourth-order valence-electron chi connectivity index (χ4n) is 3.89. The van der Waals surface area contributed by atoms with E-state index in [4.69, 9.17) is 11.6 Å². The second-order valence-corrected chi connectivity index (χ2v) is 7.29. The van der Waals surface area contributed by atoms with Crippen molar-refractivity contribution in [2.45, 2.75) is 51.1 Å². The Hall–Kier alpha value is -0.800. The third kappa shape index (κ3) is 2.78. The summed E-state index contributed by atoms with van der Waals surface area (Å²) in [5, 5.41) is 3.98. The van der Waals surface area contributed by atoms with Gasteiger partial charge < -0.3 is 10.2 Å². The third-order valence-electron chi connectivity index (χ3n) is 5.13. The Morgan fingerprint density at radius 3 is 2.71 bits per heavy atom. The number of nitrogens with one attached hydrogen (secondary N) is 1. The van der Waals surface area contributed by atoms with Crippen molar-refractivity contribution in [3.8, 4) is 0 Å². The highest BCUT2D eigenvalue weighted by atomic mass is 35.5. The van der Waals surface area contributed by atoms with Gasteiger partial charge in [0.25, 0.3) is 0 Å². The first-order valence-electron chi connectivity index (χ1n) is 7.98. The van der Waals surface area contributed by atoms with Gasteiger partial charge in [0.15, 0.2) is 5.82 Å². The van der Waals surface area contributed by atoms with Crippen LogP contribution in [0.3, 0.4) is 0 Å². The molecular weight excluding hydrogens is 287 g/mol. The molecule has 1 aliphatic carbocycles. The SMILES string of the molecule is CC(C)C1CNC2(CCCC2)CN1c1cccc(Cl)c1F. The van der Waals surface area contributed by atoms with E-state index in [-0.39, 0.29) is 16.4 Å². The van der Waals surface area contributed by atoms with Crippen LogP contribution < -0.4 is 10.2 Å². The predicted molar refractivity (Wildman–Crippen MR) is 86.6 cm³/mol. The van der Waals surface area contributed by atoms with Gasteiger partial charge >= 0.3 is 0 Å². The zero-order chi connectivity index (χ0) is 15.0. The summed E-state index contributed by atoms with van der Waals surface area (Å²) in [4.78, 5) is 2.26. The van der Waals surface area contributed by atoms with E-state index in [0.29, 0.717) is 17.6 Å². The standard InChI is InChI=1S/C17H24ClFN2/c1-12(2)15-10-20-17(8-3-4-9-17)11-21(15)14-7-5-6-13(18)16(14)19/h5-7,12,15,20H,3-4,8-11H2,1-2H3. The summed E-state index contributed by atoms with van der Waals surface area (Å²) in [6.45, 7) is 6.21. The molecule has 1 aliphatic heterocycles. The van der Waals surface area contributed by atoms with Gasteiger partial charge in [0.2, 0.25) is 0 Å². The van der Waals surface area contributed by atoms with Gasteiger partial charge in [-0.2, -0.15) is 0 Å². The lowest BCUT2D eigenvalue weighted by Gasteiger charge is -2.49. The fraction of sp³-hybridized carbons (Fsp3) is 0.647. The Morgan fingerprint density at radius 2 is 2.05 bits per heavy atom. The summed E-state index contributed by atoms with van der Waals surface area (Å²) in [7, 11) is 0. The zero-order valence-corrected chi connectivity index (χ0v) is 13.6. The van der Waals surface area contributed by atoms with Crippen LogP contribution in [0.15, 0.2) is 18.2 Å². The number of anilines is 1. The maximum Gasteiger partial charge on any atom is 0.165 e. The molecule has 1 heterocycles. The van der Waals surface area contributed by atoms with Gasteiger partial charge in [-0.05, 0) is 30.9 Å². The largest absolute Gasteiger partial charge is 0.363 e. The van der Waals surface area contributed by atoms with E-state index in [1.165, 1.54) is 25.7 Å². The normalized spacial score (nSPS) is 25.0. The third-order valence-corrected chi connectivity index (χ3v) is 5.42. The molecule has 1 aromatic carbocycles. The van der Waals surface area contributed by atoms with Gasteiger partial charge in [0, 0.05) is 24.7 Å². The first-order chi connectivity index (χ1) is 10.0. The molecule has 1 N–H and O–H groups in total. The van der Waals surface area contributed by atoms with Gasteiger partial charge in [-0.15, -0.1) is 0 Å². The Bertz CT molecular complexity index is 512. The lowest BCUT2D eigenvalue weighted by atomic mass is 9.88. The van der Waals surface area contributed by atoms with Gasteiger partial charge in [-0.25, -0.2) is 4.39 Å². The quantitative estimate of drug-likeness (QED) is 0.879. The lowest BCUT2D eigenvalue weighted by molar-refractivity contribution is 0.244. The van der Waals surface area contributed by atoms with Crippen molar-refractivity contribution in [2.75, 3.05) is 18.0 Å². The molecule has 0 aromatic heterocycles. The molecule has 0 amide bonds. The van der Waals surface area contributed by atoms with Crippen molar-refractivity contribution < 1.29 is 4.39 Å². The van der Waals surface area contributed by atoms with Crippen LogP contribution >= 0.6 is 11.6 Å². The molecule has 116 valence electrons. The molecule has 1 aromatic rings. The summed E-state index contributed by atoms with van der Waals surface area (Å²) < 4.78 is 14.5. The number of hydrogen-bond donors (Lipinski definition) is 1. The molecule has 3 rings (SSSR count). The highest BCUT2D eigenvalue weighted by Gasteiger charge is 2.42. The molecule has 1 atom stereocenters. The highest BCUT2D eigenvalue weighted by molar-refractivity contribution is 6.31. The molecule has 21 heavy (non-hydrogen) atoms. The van der Waals surface area contributed by atoms with E-state index in [9.17, 15) is 4.39 Å². The minimum absolute atomic E-state index is 0.167. The molecule has 2 aliphatic rings. The molecular formula is C17H24ClFN2. The van der Waals surface area contributed by atoms with Crippen LogP contribution in [0.4, 0.5) is 10.1 Å². The molecule has 1 spiro atoms. The van der Waals surface area contributed by atoms with Crippen LogP contribution in [0.1, 0.15) is 39.5 Å². The first kappa shape index (κ1) is 15.1. The van der Waals surface area contributed by atoms with Crippen LogP contribution in [-0.4, -0.2) is 24.7 Å². The monoisotopic (exact) mass is 310 g/mol. The number of nitrogens with zero attached hydrogens (tertiary/aromatic N) is 1. The average molecular weight is 311 g/mol. The molecule has 4 heteroatoms. The summed E-state index contributed by atoms with van der Waals surface area (Å²) in [5.41, 5.74) is 0.828. The number of hydrogen-bond acceptors (Lipinski definition) is 2. The van der Waals surface area contributed by atoms with Crippen LogP contribution in [0.5, 0.6) is 0 Å². The minimum Gasteiger partial charge on any atom is -0.363 e. The Labute approximate surface area is 131 Å². The Kier molecular flexibility index (Phi) is 4.15. The van der Waals surface area contributed by atoms with Crippen molar-refractivity contribution in [3.05, 3.63) is 29.0 Å². The topological polar surface area (TPSA) is 15.3 Å². The number of benzene rings is 1. The number of halogens is 2. The van der Waals surface area contributed by atoms with Crippen molar-refractivity contribution >= 4 is 17.3 Å². The molecule has 2 fully saturated rings. The Morgan fingerprint density at radius 1 is 1.33 bits per heavy atom. The van der Waals surface area contributed by atoms with E-state index in [2.05, 4.69) is 24.1 Å². The molecule has 2 nitrogen and oxygen atoms in total. The second-order valence-electron chi connectivity index (χ2n) is 6.88. The summed E-state index contributed by atoms with van der Waals surface area (Å²) in [6, 6.07) is 5.65. The van der Waals surface area contributed by atoms with Gasteiger partial charge in [0.1, 0.15) is 0 Å². The zero-order valence-electron chi connectivity index (χ0n) is 12.8. The van der Waals surface area contributed by atoms with Crippen LogP contribution in [0, 0.1) is 11.7 Å². The summed E-state index contributed by atoms with van der Waals surface area (Å²) in [5.74, 6) is 0.189. The van der Waals surface area contributed by atoms with Crippen LogP contribution in [0.2, 0.25) is 5.02 Å². The van der Waals surface area contributed by atoms with E-state index >= 15 is 0 Å². The van der Waals surface area contributed by atoms with Crippen molar-refractivity contribution in [2.24, 2.45) is 5.92 Å². The van der Waals surface area contributed by atoms with Crippen molar-refractivity contribution in [1.82, 2.24) is 5.32 Å². The van der Waals surface area contributed by atoms with Crippen molar-refractivity contribution in [1.29, 1.82) is 0 Å². The summed E-state index contributed by atoms with van der Waals surface area (Å²) >= 11 is 5.99. The van der Waals surface area contributed by atoms with Gasteiger partial charge in [0.05, 0.1) is 10.7 Å². The predicted octanol–water partition coefficient (Wildman–Crippen LogP) is 4.23. The Balaban J connectivity index is 1.95. The summed E-state index contributed by atoms with van der Waals surface area (Å²) in [6.07, 6.45) is 4.92. The van der Waals surface area contributed by atoms with Crippen LogP contribution in [-0.2, 0) is 0 Å². The fourth-order valence-corrected chi connectivity index (χ4v) is 4.06. The molecule has 0 bridgehead atoms. The average Bonchev–Trinajstić information content (AvgIpc) is 2.89. The van der Waals surface area contributed by atoms with E-state index in [0.717, 1.165) is 13.1 Å². The van der Waals surface area contributed by atoms with E-state index in [1.807, 2.05) is 12.1 Å². The van der Waals surface area contributed by atoms with Gasteiger partial charge in [-0.3, -0.25) is 0 Å². The maximum absolute atomic E-state index is 14.5. The second kappa shape index (κ2) is 5.77. The minimum atomic E-state index is -0.278. The molecule has 1 unspecified atom stereocenters. The number of rotatable bonds is 2. The van der Waals surface area contributed by atoms with Crippen LogP contribution in [0.25, 0.3) is 0 Å². The first-order valence-corrected chi connectivity index (χ1v) is 8.36. The van der Waals surface area contributed by atoms with E-state index in [1.54, 1.807) is 6.07 Å². The smallest absolute Gasteiger partial charge is 0.165 e. The van der Waals surface area contributed by atoms with Crippen molar-refractivity contribution in [3.63, 3.8) is 0 Å². The molecule has 1 saturated heterocycles. The lowest BCUT2D eigenvalue weighted by Crippen LogP contribution is -2.64. The number of piperazine rings is 1.